The SMILES string of the molecule is Cc1cc2c(-c3ccc4c(c3)CCC4)c([C@H](OC(C)(C)C)C(=O)O)c(C)nc2s1. The minimum atomic E-state index is -1.07. The number of pyridine rings is 1. The van der Waals surface area contributed by atoms with Crippen LogP contribution < -0.4 is 0 Å². The molecule has 3 aromatic rings. The average molecular weight is 410 g/mol. The van der Waals surface area contributed by atoms with E-state index in [0.29, 0.717) is 11.3 Å². The van der Waals surface area contributed by atoms with Gasteiger partial charge >= 0.3 is 5.97 Å². The number of carboxylic acid groups (broad SMARTS) is 1. The largest absolute Gasteiger partial charge is 0.479 e. The average Bonchev–Trinajstić information content (AvgIpc) is 3.22. The molecule has 0 saturated heterocycles. The summed E-state index contributed by atoms with van der Waals surface area (Å²) in [7, 11) is 0. The molecule has 1 atom stereocenters. The van der Waals surface area contributed by atoms with Gasteiger partial charge in [-0.1, -0.05) is 18.2 Å². The summed E-state index contributed by atoms with van der Waals surface area (Å²) in [6.07, 6.45) is 2.31. The van der Waals surface area contributed by atoms with Gasteiger partial charge in [0.05, 0.1) is 5.60 Å². The maximum absolute atomic E-state index is 12.3. The van der Waals surface area contributed by atoms with Gasteiger partial charge in [0.1, 0.15) is 4.83 Å². The summed E-state index contributed by atoms with van der Waals surface area (Å²) in [5.74, 6) is -0.987. The summed E-state index contributed by atoms with van der Waals surface area (Å²) >= 11 is 1.64. The van der Waals surface area contributed by atoms with E-state index in [1.54, 1.807) is 11.3 Å². The number of hydrogen-bond acceptors (Lipinski definition) is 4. The van der Waals surface area contributed by atoms with Gasteiger partial charge < -0.3 is 9.84 Å². The molecule has 5 heteroatoms. The molecule has 0 radical (unpaired) electrons. The molecular formula is C24H27NO3S. The Bertz CT molecular complexity index is 1110. The molecule has 0 aliphatic heterocycles. The van der Waals surface area contributed by atoms with Crippen molar-refractivity contribution in [1.29, 1.82) is 0 Å². The highest BCUT2D eigenvalue weighted by Crippen LogP contribution is 2.42. The van der Waals surface area contributed by atoms with Crippen LogP contribution in [-0.2, 0) is 22.4 Å². The molecule has 0 saturated carbocycles. The van der Waals surface area contributed by atoms with Crippen LogP contribution in [0.25, 0.3) is 21.3 Å². The van der Waals surface area contributed by atoms with Gasteiger partial charge in [-0.25, -0.2) is 9.78 Å². The molecule has 4 nitrogen and oxygen atoms in total. The van der Waals surface area contributed by atoms with Gasteiger partial charge in [-0.3, -0.25) is 0 Å². The molecule has 1 aliphatic carbocycles. The van der Waals surface area contributed by atoms with E-state index >= 15 is 0 Å². The van der Waals surface area contributed by atoms with Gasteiger partial charge in [0, 0.05) is 27.1 Å². The van der Waals surface area contributed by atoms with Crippen molar-refractivity contribution >= 4 is 27.5 Å². The van der Waals surface area contributed by atoms with Crippen molar-refractivity contribution in [3.63, 3.8) is 0 Å². The fourth-order valence-electron chi connectivity index (χ4n) is 4.25. The number of benzene rings is 1. The first-order chi connectivity index (χ1) is 13.6. The lowest BCUT2D eigenvalue weighted by molar-refractivity contribution is -0.160. The molecule has 1 aromatic carbocycles. The summed E-state index contributed by atoms with van der Waals surface area (Å²) in [6, 6.07) is 8.69. The summed E-state index contributed by atoms with van der Waals surface area (Å²) in [6.45, 7) is 9.60. The Balaban J connectivity index is 2.02. The lowest BCUT2D eigenvalue weighted by atomic mass is 9.91. The second-order valence-corrected chi connectivity index (χ2v) is 10.1. The summed E-state index contributed by atoms with van der Waals surface area (Å²) < 4.78 is 6.04. The highest BCUT2D eigenvalue weighted by molar-refractivity contribution is 7.18. The molecule has 2 aromatic heterocycles. The maximum Gasteiger partial charge on any atom is 0.337 e. The Labute approximate surface area is 175 Å². The first kappa shape index (κ1) is 20.0. The molecule has 0 amide bonds. The first-order valence-corrected chi connectivity index (χ1v) is 10.9. The second-order valence-electron chi connectivity index (χ2n) is 8.85. The minimum absolute atomic E-state index is 0.593. The number of carboxylic acids is 1. The van der Waals surface area contributed by atoms with E-state index in [0.717, 1.165) is 39.1 Å². The molecule has 4 rings (SSSR count). The van der Waals surface area contributed by atoms with Crippen LogP contribution in [0.1, 0.15) is 60.6 Å². The molecule has 29 heavy (non-hydrogen) atoms. The lowest BCUT2D eigenvalue weighted by Crippen LogP contribution is -2.28. The summed E-state index contributed by atoms with van der Waals surface area (Å²) in [5.41, 5.74) is 5.55. The van der Waals surface area contributed by atoms with Crippen LogP contribution in [0.2, 0.25) is 0 Å². The van der Waals surface area contributed by atoms with Crippen LogP contribution in [0.15, 0.2) is 24.3 Å². The number of nitrogens with zero attached hydrogens (tertiary/aromatic N) is 1. The number of hydrogen-bond donors (Lipinski definition) is 1. The van der Waals surface area contributed by atoms with E-state index in [4.69, 9.17) is 9.72 Å². The van der Waals surface area contributed by atoms with Gasteiger partial charge in [-0.2, -0.15) is 0 Å². The molecular weight excluding hydrogens is 382 g/mol. The number of rotatable bonds is 4. The quantitative estimate of drug-likeness (QED) is 0.573. The van der Waals surface area contributed by atoms with Crippen molar-refractivity contribution in [3.8, 4) is 11.1 Å². The third kappa shape index (κ3) is 3.81. The second kappa shape index (κ2) is 7.22. The van der Waals surface area contributed by atoms with Gasteiger partial charge in [0.2, 0.25) is 0 Å². The van der Waals surface area contributed by atoms with Gasteiger partial charge in [-0.05, 0) is 76.6 Å². The summed E-state index contributed by atoms with van der Waals surface area (Å²) in [4.78, 5) is 19.2. The molecule has 0 spiro atoms. The maximum atomic E-state index is 12.3. The van der Waals surface area contributed by atoms with E-state index < -0.39 is 17.7 Å². The zero-order chi connectivity index (χ0) is 20.9. The van der Waals surface area contributed by atoms with E-state index in [1.165, 1.54) is 17.5 Å². The third-order valence-electron chi connectivity index (χ3n) is 5.38. The highest BCUT2D eigenvalue weighted by Gasteiger charge is 2.32. The smallest absolute Gasteiger partial charge is 0.337 e. The molecule has 0 fully saturated rings. The Kier molecular flexibility index (Phi) is 4.99. The van der Waals surface area contributed by atoms with Gasteiger partial charge in [-0.15, -0.1) is 11.3 Å². The lowest BCUT2D eigenvalue weighted by Gasteiger charge is -2.28. The number of aromatic nitrogens is 1. The first-order valence-electron chi connectivity index (χ1n) is 10.1. The van der Waals surface area contributed by atoms with E-state index in [9.17, 15) is 9.90 Å². The van der Waals surface area contributed by atoms with Crippen LogP contribution in [0, 0.1) is 13.8 Å². The number of carbonyl (C=O) groups is 1. The number of ether oxygens (including phenoxy) is 1. The Hall–Kier alpha value is -2.24. The standard InChI is InChI=1S/C24H27NO3S/c1-13-11-18-20(17-10-9-15-7-6-8-16(15)12-17)19(14(2)25-22(18)29-13)21(23(26)27)28-24(3,4)5/h9-12,21H,6-8H2,1-5H3,(H,26,27)/t21-/m0/s1. The van der Waals surface area contributed by atoms with Crippen LogP contribution in [0.3, 0.4) is 0 Å². The predicted molar refractivity (Wildman–Crippen MR) is 118 cm³/mol. The number of aliphatic carboxylic acids is 1. The van der Waals surface area contributed by atoms with Crippen molar-refractivity contribution in [2.75, 3.05) is 0 Å². The van der Waals surface area contributed by atoms with Crippen LogP contribution in [-0.4, -0.2) is 21.7 Å². The minimum Gasteiger partial charge on any atom is -0.479 e. The van der Waals surface area contributed by atoms with Crippen LogP contribution in [0.4, 0.5) is 0 Å². The predicted octanol–water partition coefficient (Wildman–Crippen LogP) is 6.01. The van der Waals surface area contributed by atoms with Gasteiger partial charge in [0.15, 0.2) is 6.10 Å². The summed E-state index contributed by atoms with van der Waals surface area (Å²) in [5, 5.41) is 11.1. The zero-order valence-electron chi connectivity index (χ0n) is 17.6. The molecule has 1 N–H and O–H groups in total. The number of fused-ring (bicyclic) bond motifs is 2. The van der Waals surface area contributed by atoms with Crippen molar-refractivity contribution in [3.05, 3.63) is 51.5 Å². The molecule has 0 bridgehead atoms. The number of aryl methyl sites for hydroxylation is 4. The van der Waals surface area contributed by atoms with Crippen LogP contribution in [0.5, 0.6) is 0 Å². The molecule has 2 heterocycles. The molecule has 152 valence electrons. The van der Waals surface area contributed by atoms with E-state index in [-0.39, 0.29) is 0 Å². The third-order valence-corrected chi connectivity index (χ3v) is 6.32. The van der Waals surface area contributed by atoms with Crippen LogP contribution >= 0.6 is 11.3 Å². The van der Waals surface area contributed by atoms with Crippen molar-refractivity contribution in [1.82, 2.24) is 4.98 Å². The Morgan fingerprint density at radius 2 is 1.90 bits per heavy atom. The van der Waals surface area contributed by atoms with Crippen molar-refractivity contribution in [2.24, 2.45) is 0 Å². The monoisotopic (exact) mass is 409 g/mol. The topological polar surface area (TPSA) is 59.4 Å². The normalized spacial score (nSPS) is 14.9. The Morgan fingerprint density at radius 3 is 2.59 bits per heavy atom. The van der Waals surface area contributed by atoms with Crippen molar-refractivity contribution < 1.29 is 14.6 Å². The van der Waals surface area contributed by atoms with E-state index in [2.05, 4.69) is 31.2 Å². The zero-order valence-corrected chi connectivity index (χ0v) is 18.4. The highest BCUT2D eigenvalue weighted by atomic mass is 32.1. The molecule has 1 aliphatic rings. The van der Waals surface area contributed by atoms with Crippen molar-refractivity contribution in [2.45, 2.75) is 65.6 Å². The molecule has 0 unspecified atom stereocenters. The fraction of sp³-hybridized carbons (Fsp3) is 0.417. The van der Waals surface area contributed by atoms with E-state index in [1.807, 2.05) is 27.7 Å². The fourth-order valence-corrected chi connectivity index (χ4v) is 5.18. The Morgan fingerprint density at radius 1 is 1.17 bits per heavy atom. The number of thiophene rings is 1. The van der Waals surface area contributed by atoms with Gasteiger partial charge in [0.25, 0.3) is 0 Å².